The second-order valence-corrected chi connectivity index (χ2v) is 7.17. The van der Waals surface area contributed by atoms with Crippen molar-refractivity contribution in [1.29, 1.82) is 0 Å². The highest BCUT2D eigenvalue weighted by Crippen LogP contribution is 2.46. The predicted octanol–water partition coefficient (Wildman–Crippen LogP) is 3.30. The number of benzene rings is 1. The maximum absolute atomic E-state index is 12.7. The molecule has 3 rings (SSSR count). The van der Waals surface area contributed by atoms with Crippen LogP contribution in [0.25, 0.3) is 0 Å². The fourth-order valence-electron chi connectivity index (χ4n) is 3.61. The van der Waals surface area contributed by atoms with E-state index >= 15 is 0 Å². The van der Waals surface area contributed by atoms with E-state index in [0.717, 1.165) is 18.5 Å². The zero-order valence-electron chi connectivity index (χ0n) is 14.8. The predicted molar refractivity (Wildman–Crippen MR) is 98.8 cm³/mol. The second kappa shape index (κ2) is 7.15. The Labute approximate surface area is 160 Å². The van der Waals surface area contributed by atoms with Crippen molar-refractivity contribution in [2.24, 2.45) is 0 Å². The number of phenols is 1. The highest BCUT2D eigenvalue weighted by Gasteiger charge is 2.39. The molecule has 0 amide bonds. The van der Waals surface area contributed by atoms with Crippen LogP contribution >= 0.6 is 15.9 Å². The highest BCUT2D eigenvalue weighted by molar-refractivity contribution is 9.10. The van der Waals surface area contributed by atoms with E-state index in [0.29, 0.717) is 33.3 Å². The number of aromatic hydroxyl groups is 1. The van der Waals surface area contributed by atoms with Crippen LogP contribution in [0.15, 0.2) is 39.1 Å². The van der Waals surface area contributed by atoms with E-state index in [1.165, 1.54) is 14.2 Å². The molecule has 2 N–H and O–H groups in total. The van der Waals surface area contributed by atoms with E-state index < -0.39 is 11.9 Å². The molecule has 1 atom stereocenters. The average Bonchev–Trinajstić information content (AvgIpc) is 2.62. The first kappa shape index (κ1) is 18.5. The van der Waals surface area contributed by atoms with Gasteiger partial charge in [0.25, 0.3) is 0 Å². The lowest BCUT2D eigenvalue weighted by atomic mass is 9.75. The smallest absolute Gasteiger partial charge is 0.336 e. The van der Waals surface area contributed by atoms with Gasteiger partial charge in [0, 0.05) is 29.3 Å². The lowest BCUT2D eigenvalue weighted by Gasteiger charge is -2.34. The van der Waals surface area contributed by atoms with Crippen molar-refractivity contribution in [2.45, 2.75) is 32.1 Å². The summed E-state index contributed by atoms with van der Waals surface area (Å²) in [5.41, 5.74) is 3.16. The Hall–Kier alpha value is -2.28. The normalized spacial score (nSPS) is 19.8. The number of nitrogens with one attached hydrogen (secondary N) is 1. The molecule has 1 heterocycles. The molecular formula is C19H20BrNO5. The number of halogens is 1. The summed E-state index contributed by atoms with van der Waals surface area (Å²) in [6.07, 6.45) is 1.97. The molecule has 1 aliphatic carbocycles. The molecule has 7 heteroatoms. The van der Waals surface area contributed by atoms with Gasteiger partial charge in [-0.2, -0.15) is 0 Å². The van der Waals surface area contributed by atoms with Crippen LogP contribution in [0, 0.1) is 0 Å². The standard InChI is InChI=1S/C19H20BrNO5/c1-9-15(19(24)26-3)16(17-12(21-9)5-4-6-13(17)22)10-7-11(20)18(23)14(8-10)25-2/h7-8,16,21,23H,4-6H2,1-3H3. The van der Waals surface area contributed by atoms with E-state index in [-0.39, 0.29) is 17.3 Å². The van der Waals surface area contributed by atoms with Crippen molar-refractivity contribution in [1.82, 2.24) is 5.32 Å². The molecule has 0 radical (unpaired) electrons. The van der Waals surface area contributed by atoms with Crippen molar-refractivity contribution in [3.05, 3.63) is 44.7 Å². The van der Waals surface area contributed by atoms with Gasteiger partial charge < -0.3 is 19.9 Å². The SMILES string of the molecule is COC(=O)C1=C(C)NC2=C(C(=O)CCC2)C1c1cc(Br)c(O)c(OC)c1. The van der Waals surface area contributed by atoms with Crippen LogP contribution in [0.4, 0.5) is 0 Å². The Morgan fingerprint density at radius 2 is 2.04 bits per heavy atom. The van der Waals surface area contributed by atoms with E-state index in [1.54, 1.807) is 19.1 Å². The quantitative estimate of drug-likeness (QED) is 0.728. The molecule has 0 fully saturated rings. The Morgan fingerprint density at radius 1 is 1.31 bits per heavy atom. The minimum atomic E-state index is -0.572. The second-order valence-electron chi connectivity index (χ2n) is 6.31. The first-order chi connectivity index (χ1) is 12.4. The van der Waals surface area contributed by atoms with Crippen molar-refractivity contribution < 1.29 is 24.2 Å². The van der Waals surface area contributed by atoms with Crippen LogP contribution in [0.1, 0.15) is 37.7 Å². The van der Waals surface area contributed by atoms with Gasteiger partial charge in [-0.3, -0.25) is 4.79 Å². The summed E-state index contributed by atoms with van der Waals surface area (Å²) in [5, 5.41) is 13.3. The molecule has 138 valence electrons. The summed E-state index contributed by atoms with van der Waals surface area (Å²) in [7, 11) is 2.77. The van der Waals surface area contributed by atoms with Gasteiger partial charge in [0.15, 0.2) is 17.3 Å². The van der Waals surface area contributed by atoms with Crippen molar-refractivity contribution in [3.8, 4) is 11.5 Å². The van der Waals surface area contributed by atoms with E-state index in [9.17, 15) is 14.7 Å². The molecule has 0 aromatic heterocycles. The number of carbonyl (C=O) groups is 2. The van der Waals surface area contributed by atoms with Gasteiger partial charge in [0.1, 0.15) is 0 Å². The number of Topliss-reactive ketones (excluding diaryl/α,β-unsaturated/α-hetero) is 1. The van der Waals surface area contributed by atoms with Crippen LogP contribution in [0.2, 0.25) is 0 Å². The molecule has 6 nitrogen and oxygen atoms in total. The first-order valence-corrected chi connectivity index (χ1v) is 9.07. The van der Waals surface area contributed by atoms with Crippen LogP contribution in [-0.4, -0.2) is 31.1 Å². The van der Waals surface area contributed by atoms with Crippen LogP contribution in [-0.2, 0) is 14.3 Å². The number of esters is 1. The van der Waals surface area contributed by atoms with Gasteiger partial charge in [-0.1, -0.05) is 0 Å². The monoisotopic (exact) mass is 421 g/mol. The summed E-state index contributed by atoms with van der Waals surface area (Å²) < 4.78 is 10.6. The number of hydrogen-bond acceptors (Lipinski definition) is 6. The molecule has 2 aliphatic rings. The third kappa shape index (κ3) is 3.00. The number of ether oxygens (including phenoxy) is 2. The van der Waals surface area contributed by atoms with Crippen molar-refractivity contribution in [2.75, 3.05) is 14.2 Å². The number of hydrogen-bond donors (Lipinski definition) is 2. The van der Waals surface area contributed by atoms with Gasteiger partial charge >= 0.3 is 5.97 Å². The Morgan fingerprint density at radius 3 is 2.69 bits per heavy atom. The summed E-state index contributed by atoms with van der Waals surface area (Å²) >= 11 is 3.32. The third-order valence-corrected chi connectivity index (χ3v) is 5.39. The minimum Gasteiger partial charge on any atom is -0.503 e. The van der Waals surface area contributed by atoms with Crippen LogP contribution in [0.3, 0.4) is 0 Å². The third-order valence-electron chi connectivity index (χ3n) is 4.79. The number of allylic oxidation sites excluding steroid dienone is 3. The molecule has 1 aromatic rings. The number of methoxy groups -OCH3 is 2. The van der Waals surface area contributed by atoms with Crippen molar-refractivity contribution in [3.63, 3.8) is 0 Å². The molecule has 0 spiro atoms. The Kier molecular flexibility index (Phi) is 5.09. The van der Waals surface area contributed by atoms with Gasteiger partial charge in [-0.05, 0) is 53.4 Å². The van der Waals surface area contributed by atoms with Gasteiger partial charge in [-0.15, -0.1) is 0 Å². The maximum Gasteiger partial charge on any atom is 0.336 e. The molecule has 0 saturated heterocycles. The van der Waals surface area contributed by atoms with E-state index in [4.69, 9.17) is 9.47 Å². The fourth-order valence-corrected chi connectivity index (χ4v) is 4.07. The van der Waals surface area contributed by atoms with Crippen molar-refractivity contribution >= 4 is 27.7 Å². The fraction of sp³-hybridized carbons (Fsp3) is 0.368. The summed E-state index contributed by atoms with van der Waals surface area (Å²) in [6.45, 7) is 1.80. The number of rotatable bonds is 3. The maximum atomic E-state index is 12.7. The van der Waals surface area contributed by atoms with Gasteiger partial charge in [0.05, 0.1) is 24.3 Å². The number of ketones is 1. The molecule has 0 bridgehead atoms. The lowest BCUT2D eigenvalue weighted by Crippen LogP contribution is -2.34. The topological polar surface area (TPSA) is 84.9 Å². The minimum absolute atomic E-state index is 0.0146. The molecule has 26 heavy (non-hydrogen) atoms. The highest BCUT2D eigenvalue weighted by atomic mass is 79.9. The molecular weight excluding hydrogens is 402 g/mol. The molecule has 1 unspecified atom stereocenters. The molecule has 1 aromatic carbocycles. The first-order valence-electron chi connectivity index (χ1n) is 8.27. The zero-order valence-corrected chi connectivity index (χ0v) is 16.4. The molecule has 0 saturated carbocycles. The molecule has 1 aliphatic heterocycles. The Balaban J connectivity index is 2.25. The summed E-state index contributed by atoms with van der Waals surface area (Å²) in [6, 6.07) is 3.36. The summed E-state index contributed by atoms with van der Waals surface area (Å²) in [5.74, 6) is -0.818. The Bertz CT molecular complexity index is 856. The number of carbonyl (C=O) groups excluding carboxylic acids is 2. The largest absolute Gasteiger partial charge is 0.503 e. The van der Waals surface area contributed by atoms with Gasteiger partial charge in [-0.25, -0.2) is 4.79 Å². The zero-order chi connectivity index (χ0) is 19.0. The van der Waals surface area contributed by atoms with Gasteiger partial charge in [0.2, 0.25) is 0 Å². The van der Waals surface area contributed by atoms with Crippen LogP contribution < -0.4 is 10.1 Å². The van der Waals surface area contributed by atoms with E-state index in [2.05, 4.69) is 21.2 Å². The lowest BCUT2D eigenvalue weighted by molar-refractivity contribution is -0.136. The number of phenolic OH excluding ortho intramolecular Hbond substituents is 1. The van der Waals surface area contributed by atoms with Crippen LogP contribution in [0.5, 0.6) is 11.5 Å². The average molecular weight is 422 g/mol. The number of dihydropyridines is 1. The van der Waals surface area contributed by atoms with E-state index in [1.807, 2.05) is 0 Å². The summed E-state index contributed by atoms with van der Waals surface area (Å²) in [4.78, 5) is 25.2.